The molecule has 0 radical (unpaired) electrons. The summed E-state index contributed by atoms with van der Waals surface area (Å²) in [5.74, 6) is 0.826. The molecule has 1 heterocycles. The van der Waals surface area contributed by atoms with Crippen LogP contribution < -0.4 is 5.32 Å². The van der Waals surface area contributed by atoms with Gasteiger partial charge in [-0.25, -0.2) is 9.67 Å². The summed E-state index contributed by atoms with van der Waals surface area (Å²) in [4.78, 5) is 29.8. The molecule has 0 unspecified atom stereocenters. The standard InChI is InChI=1S/C16H29N5O2/c1-13(2)5-7-20(8-6-14(3)4)16(23)9-18-15(22)10-21-12-17-11-19-21/h11-14H,5-10H2,1-4H3,(H,18,22). The van der Waals surface area contributed by atoms with Gasteiger partial charge in [0.1, 0.15) is 19.2 Å². The van der Waals surface area contributed by atoms with Crippen molar-refractivity contribution in [3.8, 4) is 0 Å². The zero-order chi connectivity index (χ0) is 17.2. The number of hydrogen-bond acceptors (Lipinski definition) is 4. The number of hydrogen-bond donors (Lipinski definition) is 1. The van der Waals surface area contributed by atoms with Crippen LogP contribution in [0.5, 0.6) is 0 Å². The molecule has 0 saturated carbocycles. The lowest BCUT2D eigenvalue weighted by Crippen LogP contribution is -2.42. The van der Waals surface area contributed by atoms with Gasteiger partial charge in [0.05, 0.1) is 6.54 Å². The minimum atomic E-state index is -0.239. The number of nitrogens with zero attached hydrogens (tertiary/aromatic N) is 4. The maximum absolute atomic E-state index is 12.4. The van der Waals surface area contributed by atoms with Crippen molar-refractivity contribution in [1.82, 2.24) is 25.0 Å². The molecule has 0 aliphatic heterocycles. The monoisotopic (exact) mass is 323 g/mol. The molecule has 0 aromatic carbocycles. The third kappa shape index (κ3) is 8.32. The van der Waals surface area contributed by atoms with Crippen LogP contribution in [0, 0.1) is 11.8 Å². The fourth-order valence-corrected chi connectivity index (χ4v) is 1.99. The summed E-state index contributed by atoms with van der Waals surface area (Å²) >= 11 is 0. The average molecular weight is 323 g/mol. The van der Waals surface area contributed by atoms with Crippen LogP contribution in [0.15, 0.2) is 12.7 Å². The Kier molecular flexibility index (Phi) is 8.29. The summed E-state index contributed by atoms with van der Waals surface area (Å²) < 4.78 is 1.43. The minimum Gasteiger partial charge on any atom is -0.345 e. The molecule has 0 bridgehead atoms. The van der Waals surface area contributed by atoms with Crippen molar-refractivity contribution in [2.75, 3.05) is 19.6 Å². The van der Waals surface area contributed by atoms with Gasteiger partial charge in [0.2, 0.25) is 11.8 Å². The Morgan fingerprint density at radius 3 is 2.22 bits per heavy atom. The number of amides is 2. The van der Waals surface area contributed by atoms with Gasteiger partial charge in [0.25, 0.3) is 0 Å². The fraction of sp³-hybridized carbons (Fsp3) is 0.750. The molecule has 7 heteroatoms. The van der Waals surface area contributed by atoms with Gasteiger partial charge < -0.3 is 10.2 Å². The lowest BCUT2D eigenvalue weighted by Gasteiger charge is -2.24. The molecule has 23 heavy (non-hydrogen) atoms. The number of nitrogens with one attached hydrogen (secondary N) is 1. The smallest absolute Gasteiger partial charge is 0.242 e. The first-order valence-corrected chi connectivity index (χ1v) is 8.25. The number of aromatic nitrogens is 3. The van der Waals surface area contributed by atoms with Crippen LogP contribution in [-0.2, 0) is 16.1 Å². The third-order valence-electron chi connectivity index (χ3n) is 3.51. The van der Waals surface area contributed by atoms with Crippen molar-refractivity contribution in [3.05, 3.63) is 12.7 Å². The molecule has 0 saturated heterocycles. The second-order valence-corrected chi connectivity index (χ2v) is 6.62. The van der Waals surface area contributed by atoms with E-state index in [0.29, 0.717) is 11.8 Å². The molecule has 0 spiro atoms. The lowest BCUT2D eigenvalue weighted by molar-refractivity contribution is -0.133. The first-order chi connectivity index (χ1) is 10.9. The molecular weight excluding hydrogens is 294 g/mol. The number of carbonyl (C=O) groups is 2. The van der Waals surface area contributed by atoms with Crippen molar-refractivity contribution in [2.24, 2.45) is 11.8 Å². The van der Waals surface area contributed by atoms with E-state index in [4.69, 9.17) is 0 Å². The molecular formula is C16H29N5O2. The van der Waals surface area contributed by atoms with E-state index in [0.717, 1.165) is 25.9 Å². The van der Waals surface area contributed by atoms with Crippen LogP contribution in [0.3, 0.4) is 0 Å². The summed E-state index contributed by atoms with van der Waals surface area (Å²) in [6, 6.07) is 0. The lowest BCUT2D eigenvalue weighted by atomic mass is 10.1. The Morgan fingerprint density at radius 2 is 1.74 bits per heavy atom. The molecule has 0 fully saturated rings. The maximum atomic E-state index is 12.4. The van der Waals surface area contributed by atoms with Gasteiger partial charge in [-0.1, -0.05) is 27.7 Å². The Morgan fingerprint density at radius 1 is 1.13 bits per heavy atom. The van der Waals surface area contributed by atoms with Crippen molar-refractivity contribution < 1.29 is 9.59 Å². The Bertz CT molecular complexity index is 459. The topological polar surface area (TPSA) is 80.1 Å². The van der Waals surface area contributed by atoms with Crippen molar-refractivity contribution in [3.63, 3.8) is 0 Å². The van der Waals surface area contributed by atoms with E-state index in [1.165, 1.54) is 17.3 Å². The second-order valence-electron chi connectivity index (χ2n) is 6.62. The molecule has 1 aromatic heterocycles. The zero-order valence-electron chi connectivity index (χ0n) is 14.7. The van der Waals surface area contributed by atoms with E-state index in [2.05, 4.69) is 43.1 Å². The largest absolute Gasteiger partial charge is 0.345 e. The third-order valence-corrected chi connectivity index (χ3v) is 3.51. The predicted molar refractivity (Wildman–Crippen MR) is 88.5 cm³/mol. The van der Waals surface area contributed by atoms with E-state index in [9.17, 15) is 9.59 Å². The molecule has 2 amide bonds. The Hall–Kier alpha value is -1.92. The van der Waals surface area contributed by atoms with Crippen molar-refractivity contribution >= 4 is 11.8 Å². The normalized spacial score (nSPS) is 11.0. The molecule has 0 aliphatic rings. The second kappa shape index (κ2) is 9.97. The summed E-state index contributed by atoms with van der Waals surface area (Å²) in [7, 11) is 0. The van der Waals surface area contributed by atoms with E-state index >= 15 is 0 Å². The van der Waals surface area contributed by atoms with Gasteiger partial charge in [-0.2, -0.15) is 5.10 Å². The highest BCUT2D eigenvalue weighted by atomic mass is 16.2. The average Bonchev–Trinajstić information content (AvgIpc) is 2.97. The predicted octanol–water partition coefficient (Wildman–Crippen LogP) is 1.32. The van der Waals surface area contributed by atoms with E-state index in [-0.39, 0.29) is 24.9 Å². The highest BCUT2D eigenvalue weighted by molar-refractivity contribution is 5.84. The van der Waals surface area contributed by atoms with Gasteiger partial charge in [0, 0.05) is 13.1 Å². The van der Waals surface area contributed by atoms with Gasteiger partial charge in [0.15, 0.2) is 0 Å². The van der Waals surface area contributed by atoms with Gasteiger partial charge >= 0.3 is 0 Å². The molecule has 1 N–H and O–H groups in total. The summed E-state index contributed by atoms with van der Waals surface area (Å²) in [5.41, 5.74) is 0. The van der Waals surface area contributed by atoms with Gasteiger partial charge in [-0.15, -0.1) is 0 Å². The van der Waals surface area contributed by atoms with Crippen LogP contribution >= 0.6 is 0 Å². The highest BCUT2D eigenvalue weighted by Gasteiger charge is 2.15. The van der Waals surface area contributed by atoms with Crippen LogP contribution in [0.25, 0.3) is 0 Å². The van der Waals surface area contributed by atoms with E-state index in [1.807, 2.05) is 4.90 Å². The molecule has 7 nitrogen and oxygen atoms in total. The van der Waals surface area contributed by atoms with Gasteiger partial charge in [-0.05, 0) is 24.7 Å². The maximum Gasteiger partial charge on any atom is 0.242 e. The highest BCUT2D eigenvalue weighted by Crippen LogP contribution is 2.06. The van der Waals surface area contributed by atoms with Crippen LogP contribution in [-0.4, -0.2) is 51.1 Å². The van der Waals surface area contributed by atoms with E-state index < -0.39 is 0 Å². The molecule has 1 aromatic rings. The van der Waals surface area contributed by atoms with E-state index in [1.54, 1.807) is 0 Å². The first-order valence-electron chi connectivity index (χ1n) is 8.25. The molecule has 0 atom stereocenters. The first kappa shape index (κ1) is 19.1. The molecule has 0 aliphatic carbocycles. The number of carbonyl (C=O) groups excluding carboxylic acids is 2. The summed E-state index contributed by atoms with van der Waals surface area (Å²) in [6.07, 6.45) is 4.78. The molecule has 1 rings (SSSR count). The van der Waals surface area contributed by atoms with Crippen LogP contribution in [0.2, 0.25) is 0 Å². The van der Waals surface area contributed by atoms with Crippen LogP contribution in [0.1, 0.15) is 40.5 Å². The van der Waals surface area contributed by atoms with Crippen molar-refractivity contribution in [2.45, 2.75) is 47.1 Å². The SMILES string of the molecule is CC(C)CCN(CCC(C)C)C(=O)CNC(=O)Cn1cncn1. The summed E-state index contributed by atoms with van der Waals surface area (Å²) in [6.45, 7) is 10.2. The minimum absolute atomic E-state index is 0.0294. The molecule has 130 valence electrons. The quantitative estimate of drug-likeness (QED) is 0.704. The summed E-state index contributed by atoms with van der Waals surface area (Å²) in [5, 5.41) is 6.52. The Balaban J connectivity index is 2.42. The van der Waals surface area contributed by atoms with Crippen molar-refractivity contribution in [1.29, 1.82) is 0 Å². The zero-order valence-corrected chi connectivity index (χ0v) is 14.7. The Labute approximate surface area is 138 Å². The number of rotatable bonds is 10. The van der Waals surface area contributed by atoms with Crippen LogP contribution in [0.4, 0.5) is 0 Å². The fourth-order valence-electron chi connectivity index (χ4n) is 1.99. The van der Waals surface area contributed by atoms with Gasteiger partial charge in [-0.3, -0.25) is 9.59 Å².